The van der Waals surface area contributed by atoms with Gasteiger partial charge in [0.05, 0.1) is 17.6 Å². The fourth-order valence-corrected chi connectivity index (χ4v) is 5.58. The highest BCUT2D eigenvalue weighted by atomic mass is 16.3. The van der Waals surface area contributed by atoms with E-state index in [4.69, 9.17) is 0 Å². The van der Waals surface area contributed by atoms with Crippen LogP contribution in [0.3, 0.4) is 0 Å². The molecule has 1 aromatic heterocycles. The molecule has 0 spiro atoms. The fourth-order valence-electron chi connectivity index (χ4n) is 5.58. The van der Waals surface area contributed by atoms with Crippen LogP contribution in [0.15, 0.2) is 24.5 Å². The third-order valence-corrected chi connectivity index (χ3v) is 7.20. The second kappa shape index (κ2) is 6.79. The summed E-state index contributed by atoms with van der Waals surface area (Å²) in [5, 5.41) is 10.9. The zero-order valence-electron chi connectivity index (χ0n) is 15.3. The Labute approximate surface area is 151 Å². The first-order valence-electron chi connectivity index (χ1n) is 10.3. The Bertz CT molecular complexity index is 591. The highest BCUT2D eigenvalue weighted by Gasteiger charge is 2.45. The first-order chi connectivity index (χ1) is 12.1. The van der Waals surface area contributed by atoms with E-state index in [1.807, 2.05) is 0 Å². The molecule has 0 unspecified atom stereocenters. The van der Waals surface area contributed by atoms with E-state index in [2.05, 4.69) is 34.0 Å². The number of hydrogen-bond donors (Lipinski definition) is 1. The molecule has 4 heteroatoms. The van der Waals surface area contributed by atoms with Gasteiger partial charge in [-0.25, -0.2) is 0 Å². The number of carbonyl (C=O) groups is 1. The Balaban J connectivity index is 1.47. The average Bonchev–Trinajstić information content (AvgIpc) is 3.17. The molecule has 2 heterocycles. The summed E-state index contributed by atoms with van der Waals surface area (Å²) in [5.74, 6) is 0.580. The van der Waals surface area contributed by atoms with Crippen molar-refractivity contribution in [2.24, 2.45) is 5.92 Å². The van der Waals surface area contributed by atoms with Crippen molar-refractivity contribution < 1.29 is 9.90 Å². The van der Waals surface area contributed by atoms with Crippen LogP contribution in [0, 0.1) is 5.92 Å². The summed E-state index contributed by atoms with van der Waals surface area (Å²) in [6, 6.07) is 4.15. The minimum absolute atomic E-state index is 0.0286. The lowest BCUT2D eigenvalue weighted by Gasteiger charge is -2.48. The lowest BCUT2D eigenvalue weighted by Crippen LogP contribution is -2.55. The van der Waals surface area contributed by atoms with Crippen LogP contribution in [0.4, 0.5) is 0 Å². The van der Waals surface area contributed by atoms with E-state index in [0.717, 1.165) is 51.6 Å². The van der Waals surface area contributed by atoms with Crippen LogP contribution < -0.4 is 0 Å². The van der Waals surface area contributed by atoms with Crippen molar-refractivity contribution in [1.82, 2.24) is 9.47 Å². The van der Waals surface area contributed by atoms with Crippen molar-refractivity contribution in [3.63, 3.8) is 0 Å². The maximum Gasteiger partial charge on any atom is 0.224 e. The predicted molar refractivity (Wildman–Crippen MR) is 98.2 cm³/mol. The van der Waals surface area contributed by atoms with E-state index in [0.29, 0.717) is 12.3 Å². The van der Waals surface area contributed by atoms with Gasteiger partial charge in [-0.3, -0.25) is 4.79 Å². The zero-order valence-corrected chi connectivity index (χ0v) is 15.3. The predicted octanol–water partition coefficient (Wildman–Crippen LogP) is 3.69. The quantitative estimate of drug-likeness (QED) is 0.909. The molecule has 4 rings (SSSR count). The lowest BCUT2D eigenvalue weighted by molar-refractivity contribution is -0.145. The molecule has 2 atom stereocenters. The van der Waals surface area contributed by atoms with Crippen molar-refractivity contribution in [2.45, 2.75) is 81.8 Å². The molecule has 1 aromatic rings. The lowest BCUT2D eigenvalue weighted by atomic mass is 9.71. The summed E-state index contributed by atoms with van der Waals surface area (Å²) < 4.78 is 2.30. The van der Waals surface area contributed by atoms with E-state index in [-0.39, 0.29) is 11.5 Å². The number of piperidine rings is 1. The van der Waals surface area contributed by atoms with Crippen molar-refractivity contribution in [1.29, 1.82) is 0 Å². The average molecular weight is 344 g/mol. The molecule has 1 N–H and O–H groups in total. The molecule has 0 radical (unpaired) electrons. The molecule has 3 fully saturated rings. The smallest absolute Gasteiger partial charge is 0.224 e. The highest BCUT2D eigenvalue weighted by Crippen LogP contribution is 2.42. The van der Waals surface area contributed by atoms with Crippen molar-refractivity contribution in [3.8, 4) is 0 Å². The van der Waals surface area contributed by atoms with Crippen LogP contribution in [-0.2, 0) is 10.3 Å². The largest absolute Gasteiger partial charge is 0.389 e. The van der Waals surface area contributed by atoms with Gasteiger partial charge in [-0.15, -0.1) is 0 Å². The monoisotopic (exact) mass is 344 g/mol. The number of hydrogen-bond acceptors (Lipinski definition) is 2. The number of likely N-dealkylation sites (tertiary alicyclic amines) is 1. The second-order valence-electron chi connectivity index (χ2n) is 8.69. The number of amides is 1. The normalized spacial score (nSPS) is 32.2. The van der Waals surface area contributed by atoms with Gasteiger partial charge >= 0.3 is 0 Å². The van der Waals surface area contributed by atoms with Gasteiger partial charge in [0.15, 0.2) is 0 Å². The first-order valence-corrected chi connectivity index (χ1v) is 10.3. The Morgan fingerprint density at radius 1 is 1.00 bits per heavy atom. The van der Waals surface area contributed by atoms with Gasteiger partial charge in [0.1, 0.15) is 0 Å². The minimum atomic E-state index is -0.502. The van der Waals surface area contributed by atoms with Gasteiger partial charge in [-0.2, -0.15) is 0 Å². The zero-order chi connectivity index (χ0) is 17.3. The Morgan fingerprint density at radius 3 is 2.48 bits per heavy atom. The maximum atomic E-state index is 13.2. The van der Waals surface area contributed by atoms with E-state index in [9.17, 15) is 9.90 Å². The molecule has 4 nitrogen and oxygen atoms in total. The Morgan fingerprint density at radius 2 is 1.72 bits per heavy atom. The molecule has 1 aliphatic heterocycles. The van der Waals surface area contributed by atoms with E-state index >= 15 is 0 Å². The SMILES string of the molecule is O=C(CC1(n2cccc2)CCCCC1)N1CC[C@]2(O)CCCC[C@H]2C1. The van der Waals surface area contributed by atoms with Crippen molar-refractivity contribution in [2.75, 3.05) is 13.1 Å². The topological polar surface area (TPSA) is 45.5 Å². The van der Waals surface area contributed by atoms with Crippen molar-refractivity contribution >= 4 is 5.91 Å². The molecular formula is C21H32N2O2. The molecule has 2 saturated carbocycles. The number of aromatic nitrogens is 1. The molecule has 0 aromatic carbocycles. The molecule has 138 valence electrons. The third kappa shape index (κ3) is 3.25. The molecule has 0 bridgehead atoms. The van der Waals surface area contributed by atoms with E-state index in [1.165, 1.54) is 25.7 Å². The molecule has 3 aliphatic rings. The van der Waals surface area contributed by atoms with E-state index in [1.54, 1.807) is 0 Å². The fraction of sp³-hybridized carbons (Fsp3) is 0.762. The number of aliphatic hydroxyl groups is 1. The molecular weight excluding hydrogens is 312 g/mol. The van der Waals surface area contributed by atoms with Crippen LogP contribution in [-0.4, -0.2) is 39.2 Å². The molecule has 1 amide bonds. The van der Waals surface area contributed by atoms with Gasteiger partial charge in [-0.1, -0.05) is 32.1 Å². The van der Waals surface area contributed by atoms with Gasteiger partial charge in [0.25, 0.3) is 0 Å². The Hall–Kier alpha value is -1.29. The standard InChI is InChI=1S/C21H32N2O2/c24-19(22-15-12-21(25)11-5-2-8-18(21)17-22)16-20(9-3-1-4-10-20)23-13-6-7-14-23/h6-7,13-14,18,25H,1-5,8-12,15-17H2/t18-,21+/m0/s1. The summed E-state index contributed by atoms with van der Waals surface area (Å²) in [7, 11) is 0. The van der Waals surface area contributed by atoms with Crippen LogP contribution in [0.1, 0.15) is 70.6 Å². The summed E-state index contributed by atoms with van der Waals surface area (Å²) in [6.07, 6.45) is 15.9. The van der Waals surface area contributed by atoms with Gasteiger partial charge in [-0.05, 0) is 44.2 Å². The van der Waals surface area contributed by atoms with Crippen molar-refractivity contribution in [3.05, 3.63) is 24.5 Å². The molecule has 2 aliphatic carbocycles. The summed E-state index contributed by atoms with van der Waals surface area (Å²) >= 11 is 0. The Kier molecular flexibility index (Phi) is 4.65. The van der Waals surface area contributed by atoms with Gasteiger partial charge in [0.2, 0.25) is 5.91 Å². The minimum Gasteiger partial charge on any atom is -0.389 e. The summed E-state index contributed by atoms with van der Waals surface area (Å²) in [6.45, 7) is 1.49. The van der Waals surface area contributed by atoms with E-state index < -0.39 is 5.60 Å². The number of fused-ring (bicyclic) bond motifs is 1. The molecule has 1 saturated heterocycles. The summed E-state index contributed by atoms with van der Waals surface area (Å²) in [5.41, 5.74) is -0.531. The molecule has 25 heavy (non-hydrogen) atoms. The second-order valence-corrected chi connectivity index (χ2v) is 8.69. The number of rotatable bonds is 3. The number of carbonyl (C=O) groups excluding carboxylic acids is 1. The first kappa shape index (κ1) is 17.1. The summed E-state index contributed by atoms with van der Waals surface area (Å²) in [4.78, 5) is 15.2. The third-order valence-electron chi connectivity index (χ3n) is 7.20. The maximum absolute atomic E-state index is 13.2. The van der Waals surface area contributed by atoms with Crippen LogP contribution in [0.2, 0.25) is 0 Å². The van der Waals surface area contributed by atoms with Crippen LogP contribution in [0.5, 0.6) is 0 Å². The van der Waals surface area contributed by atoms with Gasteiger partial charge in [0, 0.05) is 31.4 Å². The highest BCUT2D eigenvalue weighted by molar-refractivity contribution is 5.77. The van der Waals surface area contributed by atoms with Crippen LogP contribution in [0.25, 0.3) is 0 Å². The van der Waals surface area contributed by atoms with Crippen LogP contribution >= 0.6 is 0 Å². The number of nitrogens with zero attached hydrogens (tertiary/aromatic N) is 2. The van der Waals surface area contributed by atoms with Gasteiger partial charge < -0.3 is 14.6 Å².